The number of thiazole rings is 1. The van der Waals surface area contributed by atoms with Gasteiger partial charge in [0, 0.05) is 24.4 Å². The zero-order valence-corrected chi connectivity index (χ0v) is 12.5. The van der Waals surface area contributed by atoms with E-state index in [0.29, 0.717) is 16.9 Å². The summed E-state index contributed by atoms with van der Waals surface area (Å²) in [7, 11) is -3.46. The van der Waals surface area contributed by atoms with Crippen LogP contribution in [0.4, 0.5) is 11.6 Å². The van der Waals surface area contributed by atoms with Crippen molar-refractivity contribution >= 4 is 32.8 Å². The number of sulfone groups is 1. The lowest BCUT2D eigenvalue weighted by molar-refractivity contribution is 0.602. The summed E-state index contributed by atoms with van der Waals surface area (Å²) in [5, 5.41) is 9.69. The Bertz CT molecular complexity index is 716. The van der Waals surface area contributed by atoms with Gasteiger partial charge in [0.1, 0.15) is 0 Å². The summed E-state index contributed by atoms with van der Waals surface area (Å²) in [6, 6.07) is 0. The van der Waals surface area contributed by atoms with E-state index in [2.05, 4.69) is 15.4 Å². The Morgan fingerprint density at radius 2 is 2.30 bits per heavy atom. The van der Waals surface area contributed by atoms with Gasteiger partial charge in [0.05, 0.1) is 0 Å². The largest absolute Gasteiger partial charge is 0.382 e. The van der Waals surface area contributed by atoms with E-state index >= 15 is 0 Å². The van der Waals surface area contributed by atoms with Crippen molar-refractivity contribution in [3.63, 3.8) is 0 Å². The monoisotopic (exact) mass is 313 g/mol. The first-order valence-electron chi connectivity index (χ1n) is 6.19. The number of nitrogens with two attached hydrogens (primary N) is 1. The van der Waals surface area contributed by atoms with Crippen molar-refractivity contribution in [2.24, 2.45) is 5.92 Å². The molecule has 0 aliphatic heterocycles. The molecule has 2 aromatic rings. The predicted octanol–water partition coefficient (Wildman–Crippen LogP) is 1.14. The molecule has 0 unspecified atom stereocenters. The minimum atomic E-state index is -3.46. The molecule has 0 radical (unpaired) electrons. The third kappa shape index (κ3) is 2.50. The molecular formula is C11H15N5O2S2. The molecule has 0 atom stereocenters. The van der Waals surface area contributed by atoms with Gasteiger partial charge in [-0.05, 0) is 18.8 Å². The summed E-state index contributed by atoms with van der Waals surface area (Å²) in [4.78, 5) is 4.16. The van der Waals surface area contributed by atoms with Gasteiger partial charge in [0.2, 0.25) is 5.13 Å². The van der Waals surface area contributed by atoms with E-state index < -0.39 is 9.84 Å². The van der Waals surface area contributed by atoms with Crippen molar-refractivity contribution in [2.75, 3.05) is 23.9 Å². The molecule has 108 valence electrons. The molecule has 0 saturated heterocycles. The van der Waals surface area contributed by atoms with Gasteiger partial charge < -0.3 is 11.1 Å². The average Bonchev–Trinajstić information content (AvgIpc) is 2.90. The van der Waals surface area contributed by atoms with Crippen molar-refractivity contribution in [3.8, 4) is 5.13 Å². The molecular weight excluding hydrogens is 298 g/mol. The lowest BCUT2D eigenvalue weighted by Crippen LogP contribution is -2.08. The van der Waals surface area contributed by atoms with Crippen LogP contribution < -0.4 is 11.1 Å². The molecule has 1 fully saturated rings. The van der Waals surface area contributed by atoms with Gasteiger partial charge in [-0.1, -0.05) is 0 Å². The molecule has 3 N–H and O–H groups in total. The Balaban J connectivity index is 2.04. The molecule has 0 amide bonds. The Kier molecular flexibility index (Phi) is 3.17. The van der Waals surface area contributed by atoms with Crippen LogP contribution in [0.1, 0.15) is 12.8 Å². The fraction of sp³-hybridized carbons (Fsp3) is 0.455. The normalized spacial score (nSPS) is 15.4. The molecule has 1 saturated carbocycles. The molecule has 0 bridgehead atoms. The Hall–Kier alpha value is -1.61. The maximum absolute atomic E-state index is 11.9. The van der Waals surface area contributed by atoms with Gasteiger partial charge in [-0.15, -0.1) is 16.4 Å². The van der Waals surface area contributed by atoms with E-state index in [-0.39, 0.29) is 10.7 Å². The molecule has 9 heteroatoms. The number of rotatable bonds is 5. The van der Waals surface area contributed by atoms with Crippen molar-refractivity contribution in [3.05, 3.63) is 11.6 Å². The molecule has 0 spiro atoms. The van der Waals surface area contributed by atoms with Gasteiger partial charge in [-0.25, -0.2) is 13.4 Å². The maximum atomic E-state index is 11.9. The first kappa shape index (κ1) is 13.4. The second kappa shape index (κ2) is 4.74. The smallest absolute Gasteiger partial charge is 0.212 e. The Labute approximate surface area is 120 Å². The van der Waals surface area contributed by atoms with Gasteiger partial charge in [0.15, 0.2) is 26.4 Å². The molecule has 7 nitrogen and oxygen atoms in total. The fourth-order valence-electron chi connectivity index (χ4n) is 1.93. The second-order valence-corrected chi connectivity index (χ2v) is 7.71. The molecule has 2 aromatic heterocycles. The van der Waals surface area contributed by atoms with Crippen molar-refractivity contribution < 1.29 is 8.42 Å². The number of aromatic nitrogens is 3. The third-order valence-electron chi connectivity index (χ3n) is 3.10. The lowest BCUT2D eigenvalue weighted by Gasteiger charge is -2.03. The molecule has 2 heterocycles. The van der Waals surface area contributed by atoms with Crippen molar-refractivity contribution in [1.82, 2.24) is 14.8 Å². The SMILES string of the molecule is CS(=O)(=O)c1c(NCC2CC2)nn(-c2nccs2)c1N. The maximum Gasteiger partial charge on any atom is 0.212 e. The van der Waals surface area contributed by atoms with Crippen LogP contribution in [0.15, 0.2) is 16.5 Å². The standard InChI is InChI=1S/C11H15N5O2S2/c1-20(17,18)8-9(12)16(11-13-4-5-19-11)15-10(8)14-6-7-2-3-7/h4-5,7H,2-3,6,12H2,1H3,(H,14,15). The number of nitrogen functional groups attached to an aromatic ring is 1. The summed E-state index contributed by atoms with van der Waals surface area (Å²) in [5.41, 5.74) is 5.95. The van der Waals surface area contributed by atoms with Gasteiger partial charge in [-0.2, -0.15) is 4.68 Å². The van der Waals surface area contributed by atoms with Gasteiger partial charge in [-0.3, -0.25) is 0 Å². The van der Waals surface area contributed by atoms with E-state index in [1.54, 1.807) is 11.6 Å². The van der Waals surface area contributed by atoms with Crippen LogP contribution >= 0.6 is 11.3 Å². The summed E-state index contributed by atoms with van der Waals surface area (Å²) in [6.07, 6.45) is 5.10. The molecule has 0 aromatic carbocycles. The fourth-order valence-corrected chi connectivity index (χ4v) is 3.46. The molecule has 3 rings (SSSR count). The van der Waals surface area contributed by atoms with Crippen LogP contribution in [-0.4, -0.2) is 36.0 Å². The summed E-state index contributed by atoms with van der Waals surface area (Å²) in [6.45, 7) is 0.719. The topological polar surface area (TPSA) is 103 Å². The molecule has 1 aliphatic carbocycles. The number of anilines is 2. The highest BCUT2D eigenvalue weighted by Gasteiger charge is 2.27. The number of nitrogens with zero attached hydrogens (tertiary/aromatic N) is 3. The van der Waals surface area contributed by atoms with Crippen LogP contribution in [0.25, 0.3) is 5.13 Å². The average molecular weight is 313 g/mol. The van der Waals surface area contributed by atoms with Crippen LogP contribution in [0, 0.1) is 5.92 Å². The number of nitrogens with one attached hydrogen (secondary N) is 1. The number of hydrogen-bond acceptors (Lipinski definition) is 7. The highest BCUT2D eigenvalue weighted by molar-refractivity contribution is 7.91. The zero-order chi connectivity index (χ0) is 14.3. The highest BCUT2D eigenvalue weighted by atomic mass is 32.2. The van der Waals surface area contributed by atoms with E-state index in [1.165, 1.54) is 28.9 Å². The summed E-state index contributed by atoms with van der Waals surface area (Å²) >= 11 is 1.35. The summed E-state index contributed by atoms with van der Waals surface area (Å²) in [5.74, 6) is 1.02. The summed E-state index contributed by atoms with van der Waals surface area (Å²) < 4.78 is 25.2. The van der Waals surface area contributed by atoms with E-state index in [9.17, 15) is 8.42 Å². The zero-order valence-electron chi connectivity index (χ0n) is 10.9. The van der Waals surface area contributed by atoms with Gasteiger partial charge >= 0.3 is 0 Å². The molecule has 1 aliphatic rings. The quantitative estimate of drug-likeness (QED) is 0.858. The molecule has 20 heavy (non-hydrogen) atoms. The Morgan fingerprint density at radius 1 is 1.55 bits per heavy atom. The van der Waals surface area contributed by atoms with Crippen LogP contribution in [0.3, 0.4) is 0 Å². The number of hydrogen-bond donors (Lipinski definition) is 2. The first-order valence-corrected chi connectivity index (χ1v) is 8.96. The van der Waals surface area contributed by atoms with Crippen LogP contribution in [0.2, 0.25) is 0 Å². The second-order valence-electron chi connectivity index (χ2n) is 4.89. The van der Waals surface area contributed by atoms with E-state index in [0.717, 1.165) is 12.8 Å². The van der Waals surface area contributed by atoms with Crippen molar-refractivity contribution in [2.45, 2.75) is 17.7 Å². The first-order chi connectivity index (χ1) is 9.47. The van der Waals surface area contributed by atoms with Crippen LogP contribution in [-0.2, 0) is 9.84 Å². The van der Waals surface area contributed by atoms with Crippen molar-refractivity contribution in [1.29, 1.82) is 0 Å². The van der Waals surface area contributed by atoms with E-state index in [4.69, 9.17) is 5.73 Å². The minimum absolute atomic E-state index is 0.0494. The lowest BCUT2D eigenvalue weighted by atomic mass is 10.4. The predicted molar refractivity (Wildman–Crippen MR) is 78.0 cm³/mol. The van der Waals surface area contributed by atoms with E-state index in [1.807, 2.05) is 0 Å². The third-order valence-corrected chi connectivity index (χ3v) is 4.99. The Morgan fingerprint density at radius 3 is 2.85 bits per heavy atom. The van der Waals surface area contributed by atoms with Gasteiger partial charge in [0.25, 0.3) is 0 Å². The van der Waals surface area contributed by atoms with Crippen LogP contribution in [0.5, 0.6) is 0 Å². The highest BCUT2D eigenvalue weighted by Crippen LogP contribution is 2.33. The minimum Gasteiger partial charge on any atom is -0.382 e.